The standard InChI is InChI=1S/C19H30N6O7/c1-3-10(2)16(18(30)24-13(19(31)32)6-11-7-21-9-23-11)25-14(26)8-22-17(29)12(20)4-5-15(27)28/h7,9-10,12-13,16H,3-6,8,20H2,1-2H3,(H,21,23)(H,22,29)(H,24,30)(H,25,26)(H,27,28)(H,31,32). The Morgan fingerprint density at radius 1 is 1.16 bits per heavy atom. The van der Waals surface area contributed by atoms with Crippen molar-refractivity contribution in [3.8, 4) is 0 Å². The van der Waals surface area contributed by atoms with Crippen molar-refractivity contribution in [2.24, 2.45) is 11.7 Å². The van der Waals surface area contributed by atoms with Crippen LogP contribution in [0.15, 0.2) is 12.5 Å². The Kier molecular flexibility index (Phi) is 10.8. The van der Waals surface area contributed by atoms with Crippen molar-refractivity contribution < 1.29 is 34.2 Å². The number of nitrogens with two attached hydrogens (primary N) is 1. The number of carbonyl (C=O) groups is 5. The van der Waals surface area contributed by atoms with Gasteiger partial charge in [0.25, 0.3) is 0 Å². The van der Waals surface area contributed by atoms with Crippen LogP contribution >= 0.6 is 0 Å². The van der Waals surface area contributed by atoms with Gasteiger partial charge >= 0.3 is 11.9 Å². The molecule has 0 bridgehead atoms. The highest BCUT2D eigenvalue weighted by atomic mass is 16.4. The molecule has 0 aromatic carbocycles. The first kappa shape index (κ1) is 26.6. The number of hydrogen-bond donors (Lipinski definition) is 7. The van der Waals surface area contributed by atoms with E-state index in [4.69, 9.17) is 10.8 Å². The molecule has 0 radical (unpaired) electrons. The molecule has 32 heavy (non-hydrogen) atoms. The minimum atomic E-state index is -1.25. The Morgan fingerprint density at radius 3 is 2.38 bits per heavy atom. The lowest BCUT2D eigenvalue weighted by molar-refractivity contribution is -0.142. The van der Waals surface area contributed by atoms with Gasteiger partial charge in [0, 0.05) is 24.7 Å². The molecule has 1 rings (SSSR count). The van der Waals surface area contributed by atoms with Crippen molar-refractivity contribution in [3.05, 3.63) is 18.2 Å². The Bertz CT molecular complexity index is 798. The molecule has 1 heterocycles. The summed E-state index contributed by atoms with van der Waals surface area (Å²) in [5.41, 5.74) is 6.09. The highest BCUT2D eigenvalue weighted by molar-refractivity contribution is 5.92. The van der Waals surface area contributed by atoms with Crippen molar-refractivity contribution in [2.75, 3.05) is 6.54 Å². The van der Waals surface area contributed by atoms with Crippen LogP contribution in [0, 0.1) is 5.92 Å². The summed E-state index contributed by atoms with van der Waals surface area (Å²) in [5, 5.41) is 25.3. The van der Waals surface area contributed by atoms with Gasteiger partial charge in [-0.15, -0.1) is 0 Å². The van der Waals surface area contributed by atoms with Crippen LogP contribution in [0.3, 0.4) is 0 Å². The van der Waals surface area contributed by atoms with E-state index in [1.807, 2.05) is 0 Å². The summed E-state index contributed by atoms with van der Waals surface area (Å²) in [6.45, 7) is 3.05. The third-order valence-corrected chi connectivity index (χ3v) is 4.83. The number of H-pyrrole nitrogens is 1. The molecule has 0 spiro atoms. The summed E-state index contributed by atoms with van der Waals surface area (Å²) >= 11 is 0. The minimum Gasteiger partial charge on any atom is -0.481 e. The van der Waals surface area contributed by atoms with Gasteiger partial charge in [-0.1, -0.05) is 20.3 Å². The normalized spacial score (nSPS) is 14.5. The third-order valence-electron chi connectivity index (χ3n) is 4.83. The number of amides is 3. The van der Waals surface area contributed by atoms with Gasteiger partial charge in [0.05, 0.1) is 18.9 Å². The number of aromatic nitrogens is 2. The quantitative estimate of drug-likeness (QED) is 0.171. The molecular weight excluding hydrogens is 424 g/mol. The second-order valence-electron chi connectivity index (χ2n) is 7.37. The fraction of sp³-hybridized carbons (Fsp3) is 0.579. The summed E-state index contributed by atoms with van der Waals surface area (Å²) < 4.78 is 0. The van der Waals surface area contributed by atoms with Gasteiger partial charge in [-0.25, -0.2) is 9.78 Å². The van der Waals surface area contributed by atoms with E-state index in [2.05, 4.69) is 25.9 Å². The molecule has 13 nitrogen and oxygen atoms in total. The fourth-order valence-corrected chi connectivity index (χ4v) is 2.71. The molecule has 0 aliphatic rings. The predicted octanol–water partition coefficient (Wildman–Crippen LogP) is -1.64. The molecule has 13 heteroatoms. The van der Waals surface area contributed by atoms with E-state index in [-0.39, 0.29) is 25.2 Å². The predicted molar refractivity (Wildman–Crippen MR) is 111 cm³/mol. The van der Waals surface area contributed by atoms with Gasteiger partial charge in [0.2, 0.25) is 17.7 Å². The van der Waals surface area contributed by atoms with Crippen LogP contribution in [0.5, 0.6) is 0 Å². The summed E-state index contributed by atoms with van der Waals surface area (Å²) in [4.78, 5) is 65.6. The molecule has 1 aromatic heterocycles. The second-order valence-corrected chi connectivity index (χ2v) is 7.37. The zero-order valence-electron chi connectivity index (χ0n) is 18.0. The molecule has 4 atom stereocenters. The number of imidazole rings is 1. The summed E-state index contributed by atoms with van der Waals surface area (Å²) in [6, 6.07) is -3.36. The highest BCUT2D eigenvalue weighted by Crippen LogP contribution is 2.09. The first-order chi connectivity index (χ1) is 15.0. The van der Waals surface area contributed by atoms with Crippen LogP contribution in [0.1, 0.15) is 38.8 Å². The van der Waals surface area contributed by atoms with Gasteiger partial charge in [0.1, 0.15) is 12.1 Å². The molecule has 8 N–H and O–H groups in total. The van der Waals surface area contributed by atoms with Crippen molar-refractivity contribution >= 4 is 29.7 Å². The lowest BCUT2D eigenvalue weighted by atomic mass is 9.97. The molecular formula is C19H30N6O7. The summed E-state index contributed by atoms with van der Waals surface area (Å²) in [7, 11) is 0. The van der Waals surface area contributed by atoms with Gasteiger partial charge in [-0.05, 0) is 12.3 Å². The molecule has 4 unspecified atom stereocenters. The van der Waals surface area contributed by atoms with E-state index in [0.29, 0.717) is 12.1 Å². The van der Waals surface area contributed by atoms with Crippen molar-refractivity contribution in [1.29, 1.82) is 0 Å². The molecule has 0 saturated heterocycles. The maximum Gasteiger partial charge on any atom is 0.326 e. The minimum absolute atomic E-state index is 0.0213. The number of carboxylic acids is 2. The van der Waals surface area contributed by atoms with E-state index in [0.717, 1.165) is 0 Å². The zero-order valence-corrected chi connectivity index (χ0v) is 18.0. The van der Waals surface area contributed by atoms with Crippen LogP contribution in [-0.4, -0.2) is 74.5 Å². The molecule has 1 aromatic rings. The topological polar surface area (TPSA) is 217 Å². The van der Waals surface area contributed by atoms with Gasteiger partial charge in [-0.2, -0.15) is 0 Å². The van der Waals surface area contributed by atoms with E-state index >= 15 is 0 Å². The van der Waals surface area contributed by atoms with Crippen molar-refractivity contribution in [1.82, 2.24) is 25.9 Å². The van der Waals surface area contributed by atoms with E-state index in [9.17, 15) is 29.1 Å². The second kappa shape index (κ2) is 13.0. The van der Waals surface area contributed by atoms with Gasteiger partial charge in [-0.3, -0.25) is 19.2 Å². The van der Waals surface area contributed by atoms with Crippen LogP contribution in [0.25, 0.3) is 0 Å². The number of carbonyl (C=O) groups excluding carboxylic acids is 3. The number of aromatic amines is 1. The first-order valence-electron chi connectivity index (χ1n) is 10.1. The molecule has 0 saturated carbocycles. The number of aliphatic carboxylic acids is 2. The summed E-state index contributed by atoms with van der Waals surface area (Å²) in [6.07, 6.45) is 2.95. The SMILES string of the molecule is CCC(C)C(NC(=O)CNC(=O)C(N)CCC(=O)O)C(=O)NC(Cc1cnc[nH]1)C(=O)O. The lowest BCUT2D eigenvalue weighted by Crippen LogP contribution is -2.56. The van der Waals surface area contributed by atoms with Crippen LogP contribution in [0.2, 0.25) is 0 Å². The van der Waals surface area contributed by atoms with Gasteiger partial charge in [0.15, 0.2) is 0 Å². The summed E-state index contributed by atoms with van der Waals surface area (Å²) in [5.74, 6) is -4.72. The molecule has 178 valence electrons. The Balaban J connectivity index is 2.69. The Labute approximate surface area is 184 Å². The average molecular weight is 454 g/mol. The molecule has 0 fully saturated rings. The molecule has 3 amide bonds. The largest absolute Gasteiger partial charge is 0.481 e. The van der Waals surface area contributed by atoms with E-state index in [1.165, 1.54) is 12.5 Å². The Hall–Kier alpha value is -3.48. The van der Waals surface area contributed by atoms with Crippen LogP contribution < -0.4 is 21.7 Å². The first-order valence-corrected chi connectivity index (χ1v) is 10.1. The van der Waals surface area contributed by atoms with Crippen LogP contribution in [-0.2, 0) is 30.4 Å². The Morgan fingerprint density at radius 2 is 1.84 bits per heavy atom. The molecule has 0 aliphatic heterocycles. The third kappa shape index (κ3) is 9.12. The van der Waals surface area contributed by atoms with Crippen molar-refractivity contribution in [3.63, 3.8) is 0 Å². The fourth-order valence-electron chi connectivity index (χ4n) is 2.71. The average Bonchev–Trinajstić information content (AvgIpc) is 3.25. The number of carboxylic acid groups (broad SMARTS) is 2. The number of hydrogen-bond acceptors (Lipinski definition) is 7. The number of nitrogens with one attached hydrogen (secondary N) is 4. The number of rotatable bonds is 14. The maximum absolute atomic E-state index is 12.7. The monoisotopic (exact) mass is 454 g/mol. The maximum atomic E-state index is 12.7. The van der Waals surface area contributed by atoms with Crippen LogP contribution in [0.4, 0.5) is 0 Å². The molecule has 0 aliphatic carbocycles. The van der Waals surface area contributed by atoms with E-state index in [1.54, 1.807) is 13.8 Å². The number of nitrogens with zero attached hydrogens (tertiary/aromatic N) is 1. The van der Waals surface area contributed by atoms with E-state index < -0.39 is 54.3 Å². The lowest BCUT2D eigenvalue weighted by Gasteiger charge is -2.25. The zero-order chi connectivity index (χ0) is 24.3. The van der Waals surface area contributed by atoms with Gasteiger partial charge < -0.3 is 36.9 Å². The highest BCUT2D eigenvalue weighted by Gasteiger charge is 2.30. The smallest absolute Gasteiger partial charge is 0.326 e. The van der Waals surface area contributed by atoms with Crippen molar-refractivity contribution in [2.45, 2.75) is 57.7 Å².